The van der Waals surface area contributed by atoms with Gasteiger partial charge in [-0.15, -0.1) is 11.3 Å². The average Bonchev–Trinajstić information content (AvgIpc) is 2.93. The summed E-state index contributed by atoms with van der Waals surface area (Å²) in [6, 6.07) is 1.61. The molecule has 7 heteroatoms. The lowest BCUT2D eigenvalue weighted by molar-refractivity contribution is 0.0697. The molecule has 0 atom stereocenters. The van der Waals surface area contributed by atoms with Crippen molar-refractivity contribution < 1.29 is 19.2 Å². The average molecular weight is 282 g/mol. The van der Waals surface area contributed by atoms with E-state index in [-0.39, 0.29) is 11.5 Å². The highest BCUT2D eigenvalue weighted by Gasteiger charge is 2.14. The van der Waals surface area contributed by atoms with E-state index in [0.29, 0.717) is 23.4 Å². The van der Waals surface area contributed by atoms with Crippen LogP contribution in [0.4, 0.5) is 0 Å². The number of nitrogens with zero attached hydrogens (tertiary/aromatic N) is 2. The van der Waals surface area contributed by atoms with E-state index >= 15 is 0 Å². The number of hydrogen-bond donors (Lipinski definition) is 1. The minimum Gasteiger partial charge on any atom is -0.482 e. The molecule has 0 radical (unpaired) electrons. The number of thiophene rings is 1. The van der Waals surface area contributed by atoms with Crippen LogP contribution in [0.3, 0.4) is 0 Å². The molecule has 0 saturated heterocycles. The van der Waals surface area contributed by atoms with Gasteiger partial charge in [-0.05, 0) is 17.4 Å². The molecule has 0 spiro atoms. The highest BCUT2D eigenvalue weighted by molar-refractivity contribution is 7.12. The van der Waals surface area contributed by atoms with Gasteiger partial charge in [-0.2, -0.15) is 4.98 Å². The lowest BCUT2D eigenvalue weighted by Gasteiger charge is -2.01. The first kappa shape index (κ1) is 13.5. The summed E-state index contributed by atoms with van der Waals surface area (Å²) in [6.45, 7) is 4.20. The van der Waals surface area contributed by atoms with Gasteiger partial charge in [0, 0.05) is 6.42 Å². The van der Waals surface area contributed by atoms with Crippen LogP contribution in [0.1, 0.15) is 35.2 Å². The molecule has 0 fully saturated rings. The SMILES string of the molecule is CC(C)Cc1noc(COc2ccsc2C(=O)O)n1. The van der Waals surface area contributed by atoms with E-state index in [1.807, 2.05) is 0 Å². The monoisotopic (exact) mass is 282 g/mol. The zero-order chi connectivity index (χ0) is 13.8. The summed E-state index contributed by atoms with van der Waals surface area (Å²) in [5, 5.41) is 14.4. The maximum absolute atomic E-state index is 10.9. The van der Waals surface area contributed by atoms with Crippen molar-refractivity contribution in [2.75, 3.05) is 0 Å². The number of aromatic nitrogens is 2. The Balaban J connectivity index is 1.96. The molecule has 2 heterocycles. The molecule has 0 aliphatic rings. The second-order valence-electron chi connectivity index (χ2n) is 4.41. The van der Waals surface area contributed by atoms with Gasteiger partial charge >= 0.3 is 5.97 Å². The van der Waals surface area contributed by atoms with Crippen molar-refractivity contribution in [2.45, 2.75) is 26.9 Å². The molecule has 0 aliphatic carbocycles. The van der Waals surface area contributed by atoms with Crippen molar-refractivity contribution in [2.24, 2.45) is 5.92 Å². The highest BCUT2D eigenvalue weighted by atomic mass is 32.1. The Hall–Kier alpha value is -1.89. The zero-order valence-corrected chi connectivity index (χ0v) is 11.4. The van der Waals surface area contributed by atoms with Crippen molar-refractivity contribution in [3.63, 3.8) is 0 Å². The Labute approximate surface area is 114 Å². The fourth-order valence-corrected chi connectivity index (χ4v) is 2.18. The molecule has 0 amide bonds. The van der Waals surface area contributed by atoms with E-state index in [4.69, 9.17) is 14.4 Å². The predicted molar refractivity (Wildman–Crippen MR) is 68.5 cm³/mol. The topological polar surface area (TPSA) is 85.5 Å². The highest BCUT2D eigenvalue weighted by Crippen LogP contribution is 2.25. The van der Waals surface area contributed by atoms with Gasteiger partial charge in [-0.1, -0.05) is 19.0 Å². The molecule has 0 aromatic carbocycles. The van der Waals surface area contributed by atoms with Crippen LogP contribution in [0.25, 0.3) is 0 Å². The van der Waals surface area contributed by atoms with Crippen molar-refractivity contribution in [3.8, 4) is 5.75 Å². The molecule has 2 aromatic heterocycles. The van der Waals surface area contributed by atoms with E-state index < -0.39 is 5.97 Å². The Morgan fingerprint density at radius 3 is 3.05 bits per heavy atom. The zero-order valence-electron chi connectivity index (χ0n) is 10.6. The fourth-order valence-electron chi connectivity index (χ4n) is 1.50. The third-order valence-corrected chi connectivity index (χ3v) is 3.16. The second-order valence-corrected chi connectivity index (χ2v) is 5.33. The van der Waals surface area contributed by atoms with Crippen molar-refractivity contribution in [3.05, 3.63) is 28.0 Å². The first-order valence-corrected chi connectivity index (χ1v) is 6.69. The van der Waals surface area contributed by atoms with Gasteiger partial charge in [0.05, 0.1) is 0 Å². The normalized spacial score (nSPS) is 10.9. The molecule has 19 heavy (non-hydrogen) atoms. The van der Waals surface area contributed by atoms with Gasteiger partial charge in [0.25, 0.3) is 5.89 Å². The fraction of sp³-hybridized carbons (Fsp3) is 0.417. The van der Waals surface area contributed by atoms with E-state index in [9.17, 15) is 4.79 Å². The maximum Gasteiger partial charge on any atom is 0.349 e. The Morgan fingerprint density at radius 1 is 1.58 bits per heavy atom. The molecular weight excluding hydrogens is 268 g/mol. The first-order valence-electron chi connectivity index (χ1n) is 5.81. The largest absolute Gasteiger partial charge is 0.482 e. The number of carbonyl (C=O) groups is 1. The molecule has 2 aromatic rings. The molecule has 0 bridgehead atoms. The molecule has 0 saturated carbocycles. The maximum atomic E-state index is 10.9. The lowest BCUT2D eigenvalue weighted by atomic mass is 10.1. The van der Waals surface area contributed by atoms with Gasteiger partial charge in [0.1, 0.15) is 5.75 Å². The summed E-state index contributed by atoms with van der Waals surface area (Å²) in [5.41, 5.74) is 0. The van der Waals surface area contributed by atoms with Gasteiger partial charge < -0.3 is 14.4 Å². The van der Waals surface area contributed by atoms with Crippen molar-refractivity contribution in [1.82, 2.24) is 10.1 Å². The minimum atomic E-state index is -1.00. The van der Waals surface area contributed by atoms with Gasteiger partial charge in [0.15, 0.2) is 17.3 Å². The summed E-state index contributed by atoms with van der Waals surface area (Å²) in [7, 11) is 0. The number of rotatable bonds is 6. The summed E-state index contributed by atoms with van der Waals surface area (Å²) in [4.78, 5) is 15.2. The summed E-state index contributed by atoms with van der Waals surface area (Å²) in [5.74, 6) is 0.745. The van der Waals surface area contributed by atoms with Crippen molar-refractivity contribution in [1.29, 1.82) is 0 Å². The van der Waals surface area contributed by atoms with Gasteiger partial charge in [-0.3, -0.25) is 0 Å². The van der Waals surface area contributed by atoms with Crippen LogP contribution in [-0.2, 0) is 13.0 Å². The molecule has 6 nitrogen and oxygen atoms in total. The molecule has 0 unspecified atom stereocenters. The van der Waals surface area contributed by atoms with E-state index in [1.54, 1.807) is 11.4 Å². The first-order chi connectivity index (χ1) is 9.06. The van der Waals surface area contributed by atoms with Crippen LogP contribution >= 0.6 is 11.3 Å². The van der Waals surface area contributed by atoms with E-state index in [0.717, 1.165) is 17.8 Å². The van der Waals surface area contributed by atoms with Crippen LogP contribution in [0.15, 0.2) is 16.0 Å². The molecule has 2 rings (SSSR count). The molecule has 1 N–H and O–H groups in total. The number of ether oxygens (including phenoxy) is 1. The van der Waals surface area contributed by atoms with Crippen LogP contribution in [-0.4, -0.2) is 21.2 Å². The summed E-state index contributed by atoms with van der Waals surface area (Å²) >= 11 is 1.12. The van der Waals surface area contributed by atoms with E-state index in [2.05, 4.69) is 24.0 Å². The molecular formula is C12H14N2O4S. The number of carboxylic acid groups (broad SMARTS) is 1. The van der Waals surface area contributed by atoms with Gasteiger partial charge in [0.2, 0.25) is 0 Å². The van der Waals surface area contributed by atoms with Crippen molar-refractivity contribution >= 4 is 17.3 Å². The quantitative estimate of drug-likeness (QED) is 0.876. The standard InChI is InChI=1S/C12H14N2O4S/c1-7(2)5-9-13-10(18-14-9)6-17-8-3-4-19-11(8)12(15)16/h3-4,7H,5-6H2,1-2H3,(H,15,16). The third kappa shape index (κ3) is 3.54. The third-order valence-electron chi connectivity index (χ3n) is 2.28. The lowest BCUT2D eigenvalue weighted by Crippen LogP contribution is -2.01. The Bertz CT molecular complexity index is 562. The van der Waals surface area contributed by atoms with Crippen LogP contribution < -0.4 is 4.74 Å². The van der Waals surface area contributed by atoms with Gasteiger partial charge in [-0.25, -0.2) is 4.79 Å². The molecule has 0 aliphatic heterocycles. The Kier molecular flexibility index (Phi) is 4.16. The smallest absolute Gasteiger partial charge is 0.349 e. The number of aromatic carboxylic acids is 1. The summed E-state index contributed by atoms with van der Waals surface area (Å²) < 4.78 is 10.4. The number of carboxylic acids is 1. The predicted octanol–water partition coefficient (Wildman–Crippen LogP) is 2.61. The van der Waals surface area contributed by atoms with Crippen LogP contribution in [0.2, 0.25) is 0 Å². The van der Waals surface area contributed by atoms with E-state index in [1.165, 1.54) is 0 Å². The Morgan fingerprint density at radius 2 is 2.37 bits per heavy atom. The van der Waals surface area contributed by atoms with Crippen LogP contribution in [0.5, 0.6) is 5.75 Å². The molecule has 102 valence electrons. The number of hydrogen-bond acceptors (Lipinski definition) is 6. The van der Waals surface area contributed by atoms with Crippen LogP contribution in [0, 0.1) is 5.92 Å². The second kappa shape index (κ2) is 5.83. The minimum absolute atomic E-state index is 0.0715. The summed E-state index contributed by atoms with van der Waals surface area (Å²) in [6.07, 6.45) is 0.738.